The summed E-state index contributed by atoms with van der Waals surface area (Å²) in [6, 6.07) is 19.1. The molecule has 37 heavy (non-hydrogen) atoms. The third-order valence-electron chi connectivity index (χ3n) is 7.39. The molecule has 8 nitrogen and oxygen atoms in total. The van der Waals surface area contributed by atoms with Gasteiger partial charge in [-0.2, -0.15) is 0 Å². The van der Waals surface area contributed by atoms with Crippen LogP contribution in [-0.2, 0) is 6.54 Å². The second-order valence-corrected chi connectivity index (χ2v) is 9.90. The highest BCUT2D eigenvalue weighted by molar-refractivity contribution is 5.98. The number of piperidine rings is 1. The zero-order chi connectivity index (χ0) is 25.9. The molecule has 3 amide bonds. The lowest BCUT2D eigenvalue weighted by Crippen LogP contribution is -2.50. The van der Waals surface area contributed by atoms with Gasteiger partial charge in [0.05, 0.1) is 5.56 Å². The van der Waals surface area contributed by atoms with Gasteiger partial charge in [0.25, 0.3) is 11.8 Å². The molecular formula is C29H31N5O3. The lowest BCUT2D eigenvalue weighted by Gasteiger charge is -2.40. The molecule has 2 fully saturated rings. The van der Waals surface area contributed by atoms with E-state index >= 15 is 0 Å². The molecule has 0 spiro atoms. The monoisotopic (exact) mass is 497 g/mol. The molecule has 0 radical (unpaired) electrons. The minimum absolute atomic E-state index is 0.0690. The minimum atomic E-state index is -0.506. The molecule has 2 saturated heterocycles. The summed E-state index contributed by atoms with van der Waals surface area (Å²) in [7, 11) is 0. The van der Waals surface area contributed by atoms with E-state index in [9.17, 15) is 14.4 Å². The average molecular weight is 498 g/mol. The van der Waals surface area contributed by atoms with Crippen molar-refractivity contribution in [2.24, 2.45) is 5.73 Å². The standard InChI is InChI=1S/C29H31N5O3/c1-18-13-20(27(30)35)7-11-25(18)29(37)33-22-14-23-9-10-24(15-22)34(23)26-12-8-21(17-31-26)28(36)32-16-19-5-3-2-4-6-19/h2-8,11-13,17,22-24H,9-10,14-16H2,1H3,(H2,30,35)(H,32,36)(H,33,37)/t22?,23-,24+. The smallest absolute Gasteiger partial charge is 0.253 e. The number of aryl methyl sites for hydroxylation is 1. The van der Waals surface area contributed by atoms with Gasteiger partial charge < -0.3 is 21.3 Å². The van der Waals surface area contributed by atoms with E-state index < -0.39 is 5.91 Å². The summed E-state index contributed by atoms with van der Waals surface area (Å²) in [6.45, 7) is 2.28. The summed E-state index contributed by atoms with van der Waals surface area (Å²) in [5.41, 5.74) is 8.61. The largest absolute Gasteiger partial charge is 0.366 e. The Hall–Kier alpha value is -4.20. The van der Waals surface area contributed by atoms with Gasteiger partial charge in [0.2, 0.25) is 5.91 Å². The van der Waals surface area contributed by atoms with Gasteiger partial charge in [-0.3, -0.25) is 14.4 Å². The van der Waals surface area contributed by atoms with Crippen LogP contribution in [0.25, 0.3) is 0 Å². The predicted molar refractivity (Wildman–Crippen MR) is 141 cm³/mol. The van der Waals surface area contributed by atoms with Crippen LogP contribution in [0.4, 0.5) is 5.82 Å². The Bertz CT molecular complexity index is 1290. The summed E-state index contributed by atoms with van der Waals surface area (Å²) in [6.07, 6.45) is 5.40. The lowest BCUT2D eigenvalue weighted by molar-refractivity contribution is 0.0922. The van der Waals surface area contributed by atoms with Gasteiger partial charge >= 0.3 is 0 Å². The highest BCUT2D eigenvalue weighted by atomic mass is 16.2. The van der Waals surface area contributed by atoms with Crippen molar-refractivity contribution in [1.82, 2.24) is 15.6 Å². The first-order valence-corrected chi connectivity index (χ1v) is 12.7. The molecule has 3 aromatic rings. The molecule has 8 heteroatoms. The number of nitrogens with one attached hydrogen (secondary N) is 2. The quantitative estimate of drug-likeness (QED) is 0.463. The van der Waals surface area contributed by atoms with Crippen molar-refractivity contribution in [2.45, 2.75) is 57.3 Å². The number of fused-ring (bicyclic) bond motifs is 2. The van der Waals surface area contributed by atoms with Crippen LogP contribution in [0.5, 0.6) is 0 Å². The van der Waals surface area contributed by atoms with E-state index in [2.05, 4.69) is 20.5 Å². The molecule has 190 valence electrons. The van der Waals surface area contributed by atoms with Gasteiger partial charge in [-0.25, -0.2) is 4.98 Å². The summed E-state index contributed by atoms with van der Waals surface area (Å²) >= 11 is 0. The van der Waals surface area contributed by atoms with Crippen molar-refractivity contribution >= 4 is 23.5 Å². The van der Waals surface area contributed by atoms with E-state index in [1.54, 1.807) is 24.4 Å². The summed E-state index contributed by atoms with van der Waals surface area (Å²) in [4.78, 5) is 43.9. The van der Waals surface area contributed by atoms with E-state index in [1.165, 1.54) is 0 Å². The number of aromatic nitrogens is 1. The Labute approximate surface area is 216 Å². The number of hydrogen-bond acceptors (Lipinski definition) is 5. The van der Waals surface area contributed by atoms with Crippen molar-refractivity contribution in [3.63, 3.8) is 0 Å². The second kappa shape index (κ2) is 10.4. The SMILES string of the molecule is Cc1cc(C(N)=O)ccc1C(=O)NC1C[C@H]2CC[C@@H](C1)N2c1ccc(C(=O)NCc2ccccc2)cn1. The van der Waals surface area contributed by atoms with Crippen molar-refractivity contribution < 1.29 is 14.4 Å². The summed E-state index contributed by atoms with van der Waals surface area (Å²) < 4.78 is 0. The molecule has 2 bridgehead atoms. The number of rotatable bonds is 7. The van der Waals surface area contributed by atoms with E-state index in [4.69, 9.17) is 5.73 Å². The molecule has 1 unspecified atom stereocenters. The van der Waals surface area contributed by atoms with Gasteiger partial charge in [0, 0.05) is 42.0 Å². The van der Waals surface area contributed by atoms with Crippen LogP contribution in [0.1, 0.15) is 67.9 Å². The number of amides is 3. The van der Waals surface area contributed by atoms with Crippen LogP contribution < -0.4 is 21.3 Å². The fourth-order valence-electron chi connectivity index (χ4n) is 5.56. The fourth-order valence-corrected chi connectivity index (χ4v) is 5.56. The maximum absolute atomic E-state index is 13.0. The summed E-state index contributed by atoms with van der Waals surface area (Å²) in [5, 5.41) is 6.13. The molecule has 4 N–H and O–H groups in total. The first-order valence-electron chi connectivity index (χ1n) is 12.7. The normalized spacial score (nSPS) is 20.4. The van der Waals surface area contributed by atoms with Crippen LogP contribution in [0, 0.1) is 6.92 Å². The highest BCUT2D eigenvalue weighted by Crippen LogP contribution is 2.38. The number of nitrogens with zero attached hydrogens (tertiary/aromatic N) is 2. The number of nitrogens with two attached hydrogens (primary N) is 1. The Morgan fingerprint density at radius 3 is 2.27 bits per heavy atom. The van der Waals surface area contributed by atoms with Crippen molar-refractivity contribution in [2.75, 3.05) is 4.90 Å². The van der Waals surface area contributed by atoms with E-state index in [1.807, 2.05) is 49.4 Å². The van der Waals surface area contributed by atoms with Crippen molar-refractivity contribution in [1.29, 1.82) is 0 Å². The number of carbonyl (C=O) groups excluding carboxylic acids is 3. The number of primary amides is 1. The van der Waals surface area contributed by atoms with Gasteiger partial charge in [-0.05, 0) is 74.1 Å². The Morgan fingerprint density at radius 2 is 1.65 bits per heavy atom. The topological polar surface area (TPSA) is 117 Å². The Morgan fingerprint density at radius 1 is 0.946 bits per heavy atom. The van der Waals surface area contributed by atoms with Crippen LogP contribution in [0.3, 0.4) is 0 Å². The second-order valence-electron chi connectivity index (χ2n) is 9.90. The lowest BCUT2D eigenvalue weighted by atomic mass is 9.96. The van der Waals surface area contributed by atoms with Crippen LogP contribution in [0.2, 0.25) is 0 Å². The Kier molecular flexibility index (Phi) is 6.90. The third-order valence-corrected chi connectivity index (χ3v) is 7.39. The van der Waals surface area contributed by atoms with Crippen LogP contribution >= 0.6 is 0 Å². The number of anilines is 1. The van der Waals surface area contributed by atoms with E-state index in [-0.39, 0.29) is 29.9 Å². The van der Waals surface area contributed by atoms with Crippen molar-refractivity contribution in [3.05, 3.63) is 94.7 Å². The minimum Gasteiger partial charge on any atom is -0.366 e. The molecule has 1 aromatic heterocycles. The maximum Gasteiger partial charge on any atom is 0.253 e. The number of benzene rings is 2. The van der Waals surface area contributed by atoms with Crippen LogP contribution in [0.15, 0.2) is 66.9 Å². The maximum atomic E-state index is 13.0. The molecule has 2 aliphatic heterocycles. The number of carbonyl (C=O) groups is 3. The van der Waals surface area contributed by atoms with E-state index in [0.29, 0.717) is 23.2 Å². The molecule has 2 aliphatic rings. The van der Waals surface area contributed by atoms with Crippen LogP contribution in [-0.4, -0.2) is 40.8 Å². The molecule has 0 aliphatic carbocycles. The Balaban J connectivity index is 1.19. The van der Waals surface area contributed by atoms with Gasteiger partial charge in [-0.1, -0.05) is 30.3 Å². The number of hydrogen-bond donors (Lipinski definition) is 3. The molecule has 0 saturated carbocycles. The molecule has 5 rings (SSSR count). The summed E-state index contributed by atoms with van der Waals surface area (Å²) in [5.74, 6) is 0.0880. The first kappa shape index (κ1) is 24.5. The highest BCUT2D eigenvalue weighted by Gasteiger charge is 2.41. The average Bonchev–Trinajstić information content (AvgIpc) is 3.17. The molecule has 2 aromatic carbocycles. The van der Waals surface area contributed by atoms with E-state index in [0.717, 1.165) is 42.6 Å². The molecule has 3 heterocycles. The zero-order valence-electron chi connectivity index (χ0n) is 20.8. The third kappa shape index (κ3) is 5.33. The molecule has 3 atom stereocenters. The van der Waals surface area contributed by atoms with Crippen molar-refractivity contribution in [3.8, 4) is 0 Å². The fraction of sp³-hybridized carbons (Fsp3) is 0.310. The van der Waals surface area contributed by atoms with Gasteiger partial charge in [0.15, 0.2) is 0 Å². The predicted octanol–water partition coefficient (Wildman–Crippen LogP) is 3.35. The first-order chi connectivity index (χ1) is 17.9. The number of pyridine rings is 1. The zero-order valence-corrected chi connectivity index (χ0v) is 20.8. The molecular weight excluding hydrogens is 466 g/mol. The van der Waals surface area contributed by atoms with Gasteiger partial charge in [0.1, 0.15) is 5.82 Å². The van der Waals surface area contributed by atoms with Gasteiger partial charge in [-0.15, -0.1) is 0 Å².